The van der Waals surface area contributed by atoms with Crippen molar-refractivity contribution in [2.45, 2.75) is 13.3 Å². The molecule has 1 aliphatic heterocycles. The lowest BCUT2D eigenvalue weighted by Crippen LogP contribution is -2.06. The van der Waals surface area contributed by atoms with Crippen LogP contribution >= 0.6 is 0 Å². The first-order valence-corrected chi connectivity index (χ1v) is 16.9. The second-order valence-corrected chi connectivity index (χ2v) is 13.0. The lowest BCUT2D eigenvalue weighted by Gasteiger charge is -2.10. The Balaban J connectivity index is 1.15. The Morgan fingerprint density at radius 1 is 0.460 bits per heavy atom. The molecule has 10 rings (SSSR count). The number of hydrogen-bond acceptors (Lipinski definition) is 4. The molecule has 0 amide bonds. The SMILES string of the molecule is CC1=C(c2ccc(-c3ccc4ccccc4c3)cc2)N=C(c2cccc3c2oc2ccccc23)N=C(c2cccc3c2oc2ccccc23)C1. The minimum Gasteiger partial charge on any atom is -0.455 e. The van der Waals surface area contributed by atoms with Crippen LogP contribution in [0, 0.1) is 0 Å². The molecule has 7 aromatic carbocycles. The van der Waals surface area contributed by atoms with Crippen molar-refractivity contribution in [2.24, 2.45) is 9.98 Å². The second kappa shape index (κ2) is 11.3. The summed E-state index contributed by atoms with van der Waals surface area (Å²) in [5.74, 6) is 0.614. The first-order chi connectivity index (χ1) is 24.7. The lowest BCUT2D eigenvalue weighted by atomic mass is 9.96. The van der Waals surface area contributed by atoms with Crippen molar-refractivity contribution in [3.63, 3.8) is 0 Å². The molecule has 236 valence electrons. The van der Waals surface area contributed by atoms with Gasteiger partial charge in [-0.15, -0.1) is 0 Å². The number of fused-ring (bicyclic) bond motifs is 7. The van der Waals surface area contributed by atoms with Crippen molar-refractivity contribution in [1.82, 2.24) is 0 Å². The quantitative estimate of drug-likeness (QED) is 0.192. The Kier molecular flexibility index (Phi) is 6.43. The van der Waals surface area contributed by atoms with Crippen LogP contribution in [0.2, 0.25) is 0 Å². The fourth-order valence-electron chi connectivity index (χ4n) is 7.40. The summed E-state index contributed by atoms with van der Waals surface area (Å²) in [6.45, 7) is 2.16. The van der Waals surface area contributed by atoms with Crippen molar-refractivity contribution >= 4 is 71.9 Å². The van der Waals surface area contributed by atoms with Gasteiger partial charge in [0.05, 0.1) is 17.0 Å². The van der Waals surface area contributed by atoms with Gasteiger partial charge in [-0.3, -0.25) is 0 Å². The topological polar surface area (TPSA) is 51.0 Å². The number of allylic oxidation sites excluding steroid dienone is 1. The fourth-order valence-corrected chi connectivity index (χ4v) is 7.40. The van der Waals surface area contributed by atoms with Crippen molar-refractivity contribution in [3.8, 4) is 11.1 Å². The van der Waals surface area contributed by atoms with Crippen LogP contribution in [0.25, 0.3) is 71.5 Å². The third-order valence-electron chi connectivity index (χ3n) is 9.90. The van der Waals surface area contributed by atoms with E-state index in [2.05, 4.69) is 128 Å². The molecule has 0 fully saturated rings. The molecule has 9 aromatic rings. The van der Waals surface area contributed by atoms with Crippen molar-refractivity contribution in [3.05, 3.63) is 174 Å². The highest BCUT2D eigenvalue weighted by molar-refractivity contribution is 6.23. The van der Waals surface area contributed by atoms with Gasteiger partial charge >= 0.3 is 0 Å². The number of benzene rings is 7. The number of hydrogen-bond donors (Lipinski definition) is 0. The van der Waals surface area contributed by atoms with E-state index in [-0.39, 0.29) is 0 Å². The molecule has 1 aliphatic rings. The zero-order chi connectivity index (χ0) is 33.2. The van der Waals surface area contributed by atoms with E-state index in [4.69, 9.17) is 18.8 Å². The van der Waals surface area contributed by atoms with Crippen LogP contribution in [0.1, 0.15) is 30.0 Å². The third kappa shape index (κ3) is 4.61. The minimum atomic E-state index is 0.612. The van der Waals surface area contributed by atoms with Crippen LogP contribution in [0.4, 0.5) is 0 Å². The molecule has 0 bridgehead atoms. The van der Waals surface area contributed by atoms with Gasteiger partial charge < -0.3 is 8.83 Å². The number of para-hydroxylation sites is 4. The summed E-state index contributed by atoms with van der Waals surface area (Å²) in [5.41, 5.74) is 11.5. The van der Waals surface area contributed by atoms with Crippen LogP contribution in [0.3, 0.4) is 0 Å². The van der Waals surface area contributed by atoms with Gasteiger partial charge in [-0.25, -0.2) is 9.98 Å². The molecule has 0 N–H and O–H groups in total. The maximum absolute atomic E-state index is 6.51. The molecule has 2 aromatic heterocycles. The molecule has 0 aliphatic carbocycles. The van der Waals surface area contributed by atoms with E-state index >= 15 is 0 Å². The van der Waals surface area contributed by atoms with Crippen LogP contribution in [0.15, 0.2) is 176 Å². The third-order valence-corrected chi connectivity index (χ3v) is 9.90. The van der Waals surface area contributed by atoms with Gasteiger partial charge in [0, 0.05) is 39.1 Å². The van der Waals surface area contributed by atoms with Gasteiger partial charge in [-0.1, -0.05) is 121 Å². The summed E-state index contributed by atoms with van der Waals surface area (Å²) in [7, 11) is 0. The zero-order valence-electron chi connectivity index (χ0n) is 27.4. The summed E-state index contributed by atoms with van der Waals surface area (Å²) >= 11 is 0. The molecular weight excluding hydrogens is 613 g/mol. The molecule has 0 saturated heterocycles. The molecule has 3 heterocycles. The van der Waals surface area contributed by atoms with Gasteiger partial charge in [-0.2, -0.15) is 0 Å². The number of rotatable bonds is 4. The summed E-state index contributed by atoms with van der Waals surface area (Å²) in [4.78, 5) is 10.8. The van der Waals surface area contributed by atoms with E-state index in [1.165, 1.54) is 16.3 Å². The van der Waals surface area contributed by atoms with E-state index in [1.54, 1.807) is 0 Å². The standard InChI is InChI=1S/C46H30N2O2/c1-28-26-40(38-16-8-14-36-34-12-4-6-18-41(34)49-44(36)38)47-46(39-17-9-15-37-35-13-5-7-19-42(35)50-45(37)39)48-43(28)31-23-20-30(21-24-31)33-25-22-29-10-2-3-11-32(29)27-33/h2-25,27H,26H2,1H3. The predicted octanol–water partition coefficient (Wildman–Crippen LogP) is 12.4. The maximum Gasteiger partial charge on any atom is 0.163 e. The van der Waals surface area contributed by atoms with Crippen LogP contribution in [-0.2, 0) is 0 Å². The van der Waals surface area contributed by atoms with E-state index in [9.17, 15) is 0 Å². The Bertz CT molecular complexity index is 2900. The summed E-state index contributed by atoms with van der Waals surface area (Å²) < 4.78 is 13.0. The van der Waals surface area contributed by atoms with Crippen molar-refractivity contribution in [2.75, 3.05) is 0 Å². The largest absolute Gasteiger partial charge is 0.455 e. The molecule has 0 atom stereocenters. The number of aliphatic imine (C=N–C) groups is 2. The molecule has 0 unspecified atom stereocenters. The van der Waals surface area contributed by atoms with Crippen LogP contribution in [-0.4, -0.2) is 11.5 Å². The molecule has 0 radical (unpaired) electrons. The average molecular weight is 643 g/mol. The summed E-state index contributed by atoms with van der Waals surface area (Å²) in [6.07, 6.45) is 0.612. The monoisotopic (exact) mass is 642 g/mol. The first kappa shape index (κ1) is 28.5. The Morgan fingerprint density at radius 2 is 1.02 bits per heavy atom. The molecule has 4 heteroatoms. The lowest BCUT2D eigenvalue weighted by molar-refractivity contribution is 0.668. The van der Waals surface area contributed by atoms with Crippen molar-refractivity contribution < 1.29 is 8.83 Å². The van der Waals surface area contributed by atoms with Gasteiger partial charge in [-0.05, 0) is 64.7 Å². The average Bonchev–Trinajstić information content (AvgIpc) is 3.69. The molecule has 50 heavy (non-hydrogen) atoms. The van der Waals surface area contributed by atoms with Gasteiger partial charge in [0.1, 0.15) is 22.3 Å². The smallest absolute Gasteiger partial charge is 0.163 e. The Hall–Kier alpha value is -6.52. The highest BCUT2D eigenvalue weighted by Crippen LogP contribution is 2.37. The Labute approximate surface area is 288 Å². The van der Waals surface area contributed by atoms with Crippen molar-refractivity contribution in [1.29, 1.82) is 0 Å². The van der Waals surface area contributed by atoms with Gasteiger partial charge in [0.2, 0.25) is 0 Å². The van der Waals surface area contributed by atoms with Gasteiger partial charge in [0.25, 0.3) is 0 Å². The highest BCUT2D eigenvalue weighted by atomic mass is 16.3. The van der Waals surface area contributed by atoms with E-state index < -0.39 is 0 Å². The number of furan rings is 2. The molecule has 4 nitrogen and oxygen atoms in total. The normalized spacial score (nSPS) is 13.8. The maximum atomic E-state index is 6.51. The van der Waals surface area contributed by atoms with Gasteiger partial charge in [0.15, 0.2) is 5.84 Å². The summed E-state index contributed by atoms with van der Waals surface area (Å²) in [5, 5.41) is 6.76. The number of nitrogens with zero attached hydrogens (tertiary/aromatic N) is 2. The van der Waals surface area contributed by atoms with E-state index in [1.807, 2.05) is 30.3 Å². The van der Waals surface area contributed by atoms with E-state index in [0.717, 1.165) is 83.1 Å². The fraction of sp³-hybridized carbons (Fsp3) is 0.0435. The second-order valence-electron chi connectivity index (χ2n) is 13.0. The summed E-state index contributed by atoms with van der Waals surface area (Å²) in [6, 6.07) is 52.8. The molecule has 0 saturated carbocycles. The predicted molar refractivity (Wildman–Crippen MR) is 207 cm³/mol. The number of amidine groups is 1. The highest BCUT2D eigenvalue weighted by Gasteiger charge is 2.23. The molecular formula is C46H30N2O2. The Morgan fingerprint density at radius 3 is 1.74 bits per heavy atom. The van der Waals surface area contributed by atoms with Crippen LogP contribution in [0.5, 0.6) is 0 Å². The zero-order valence-corrected chi connectivity index (χ0v) is 27.4. The minimum absolute atomic E-state index is 0.612. The molecule has 0 spiro atoms. The van der Waals surface area contributed by atoms with E-state index in [0.29, 0.717) is 12.3 Å². The first-order valence-electron chi connectivity index (χ1n) is 16.9. The van der Waals surface area contributed by atoms with Crippen LogP contribution < -0.4 is 0 Å².